The highest BCUT2D eigenvalue weighted by molar-refractivity contribution is 5.86. The van der Waals surface area contributed by atoms with Gasteiger partial charge in [0.1, 0.15) is 0 Å². The summed E-state index contributed by atoms with van der Waals surface area (Å²) in [6.07, 6.45) is 2.15. The Labute approximate surface area is 178 Å². The van der Waals surface area contributed by atoms with Crippen LogP contribution in [0.15, 0.2) is 54.6 Å². The number of Topliss-reactive ketones (excluding diaryl/α,β-unsaturated/α-hetero) is 1. The summed E-state index contributed by atoms with van der Waals surface area (Å²) in [5.74, 6) is 1.26. The molecule has 158 valence electrons. The van der Waals surface area contributed by atoms with Gasteiger partial charge in [-0.3, -0.25) is 9.69 Å². The fourth-order valence-corrected chi connectivity index (χ4v) is 3.96. The van der Waals surface area contributed by atoms with Gasteiger partial charge in [0.25, 0.3) is 0 Å². The minimum Gasteiger partial charge on any atom is -0.298 e. The summed E-state index contributed by atoms with van der Waals surface area (Å²) < 4.78 is 0. The molecule has 2 rings (SSSR count). The van der Waals surface area contributed by atoms with Gasteiger partial charge in [-0.25, -0.2) is 0 Å². The molecule has 2 aromatic carbocycles. The monoisotopic (exact) mass is 393 g/mol. The Morgan fingerprint density at radius 1 is 0.828 bits per heavy atom. The lowest BCUT2D eigenvalue weighted by Crippen LogP contribution is -2.49. The summed E-state index contributed by atoms with van der Waals surface area (Å²) in [4.78, 5) is 15.2. The van der Waals surface area contributed by atoms with Crippen molar-refractivity contribution >= 4 is 5.78 Å². The van der Waals surface area contributed by atoms with Crippen molar-refractivity contribution < 1.29 is 4.79 Å². The lowest BCUT2D eigenvalue weighted by Gasteiger charge is -2.38. The molecule has 0 heterocycles. The molecule has 0 aromatic heterocycles. The van der Waals surface area contributed by atoms with E-state index in [2.05, 4.69) is 94.2 Å². The van der Waals surface area contributed by atoms with Gasteiger partial charge >= 0.3 is 0 Å². The van der Waals surface area contributed by atoms with Gasteiger partial charge in [0.2, 0.25) is 0 Å². The lowest BCUT2D eigenvalue weighted by atomic mass is 9.80. The van der Waals surface area contributed by atoms with Crippen LogP contribution in [0, 0.1) is 17.8 Å². The molecule has 2 aromatic rings. The first kappa shape index (κ1) is 23.3. The molecule has 0 fully saturated rings. The van der Waals surface area contributed by atoms with Crippen LogP contribution in [0.3, 0.4) is 0 Å². The lowest BCUT2D eigenvalue weighted by molar-refractivity contribution is -0.130. The third-order valence-electron chi connectivity index (χ3n) is 6.46. The van der Waals surface area contributed by atoms with Crippen molar-refractivity contribution in [2.75, 3.05) is 7.05 Å². The largest absolute Gasteiger partial charge is 0.298 e. The van der Waals surface area contributed by atoms with E-state index in [1.807, 2.05) is 13.8 Å². The second-order valence-electron chi connectivity index (χ2n) is 9.20. The van der Waals surface area contributed by atoms with Crippen molar-refractivity contribution in [3.63, 3.8) is 0 Å². The average Bonchev–Trinajstić information content (AvgIpc) is 2.72. The minimum atomic E-state index is -0.00884. The van der Waals surface area contributed by atoms with Gasteiger partial charge in [-0.05, 0) is 62.3 Å². The van der Waals surface area contributed by atoms with Gasteiger partial charge in [-0.15, -0.1) is 0 Å². The van der Waals surface area contributed by atoms with Crippen LogP contribution in [0.5, 0.6) is 0 Å². The number of benzene rings is 2. The first-order valence-electron chi connectivity index (χ1n) is 11.1. The summed E-state index contributed by atoms with van der Waals surface area (Å²) in [5.41, 5.74) is 3.89. The molecule has 29 heavy (non-hydrogen) atoms. The van der Waals surface area contributed by atoms with Gasteiger partial charge < -0.3 is 0 Å². The fourth-order valence-electron chi connectivity index (χ4n) is 3.96. The van der Waals surface area contributed by atoms with Crippen molar-refractivity contribution in [1.29, 1.82) is 0 Å². The maximum atomic E-state index is 12.9. The van der Waals surface area contributed by atoms with Crippen molar-refractivity contribution in [1.82, 2.24) is 4.90 Å². The minimum absolute atomic E-state index is 0.00884. The Hall–Kier alpha value is -1.93. The average molecular weight is 394 g/mol. The second-order valence-corrected chi connectivity index (χ2v) is 9.20. The van der Waals surface area contributed by atoms with Crippen LogP contribution in [0.4, 0.5) is 0 Å². The summed E-state index contributed by atoms with van der Waals surface area (Å²) >= 11 is 0. The van der Waals surface area contributed by atoms with Crippen LogP contribution in [-0.4, -0.2) is 29.8 Å². The number of rotatable bonds is 10. The number of hydrogen-bond acceptors (Lipinski definition) is 2. The van der Waals surface area contributed by atoms with E-state index in [0.717, 1.165) is 12.8 Å². The van der Waals surface area contributed by atoms with Gasteiger partial charge in [0, 0.05) is 12.0 Å². The molecule has 0 amide bonds. The van der Waals surface area contributed by atoms with Crippen LogP contribution in [0.2, 0.25) is 0 Å². The molecule has 2 nitrogen and oxygen atoms in total. The topological polar surface area (TPSA) is 20.3 Å². The molecule has 0 bridgehead atoms. The predicted octanol–water partition coefficient (Wildman–Crippen LogP) is 6.49. The molecular weight excluding hydrogens is 354 g/mol. The van der Waals surface area contributed by atoms with Crippen LogP contribution in [0.1, 0.15) is 53.5 Å². The predicted molar refractivity (Wildman–Crippen MR) is 125 cm³/mol. The molecule has 0 saturated carbocycles. The number of hydrogen-bond donors (Lipinski definition) is 0. The van der Waals surface area contributed by atoms with E-state index in [9.17, 15) is 4.79 Å². The molecule has 0 radical (unpaired) electrons. The van der Waals surface area contributed by atoms with E-state index < -0.39 is 0 Å². The van der Waals surface area contributed by atoms with Crippen LogP contribution < -0.4 is 0 Å². The summed E-state index contributed by atoms with van der Waals surface area (Å²) in [6.45, 7) is 13.0. The van der Waals surface area contributed by atoms with E-state index in [1.165, 1.54) is 16.7 Å². The van der Waals surface area contributed by atoms with Crippen molar-refractivity contribution in [3.8, 4) is 11.1 Å². The van der Waals surface area contributed by atoms with Crippen LogP contribution in [0.25, 0.3) is 11.1 Å². The Balaban J connectivity index is 2.02. The first-order chi connectivity index (χ1) is 13.7. The number of ketones is 1. The Bertz CT molecular complexity index is 748. The Kier molecular flexibility index (Phi) is 8.64. The highest BCUT2D eigenvalue weighted by Crippen LogP contribution is 2.27. The highest BCUT2D eigenvalue weighted by Gasteiger charge is 2.34. The molecule has 0 aliphatic carbocycles. The van der Waals surface area contributed by atoms with E-state index in [0.29, 0.717) is 23.7 Å². The van der Waals surface area contributed by atoms with Gasteiger partial charge in [0.15, 0.2) is 5.78 Å². The van der Waals surface area contributed by atoms with E-state index in [4.69, 9.17) is 0 Å². The molecule has 0 spiro atoms. The van der Waals surface area contributed by atoms with Crippen molar-refractivity contribution in [2.45, 2.75) is 66.5 Å². The number of nitrogens with zero attached hydrogens (tertiary/aromatic N) is 1. The highest BCUT2D eigenvalue weighted by atomic mass is 16.1. The van der Waals surface area contributed by atoms with Crippen molar-refractivity contribution in [2.24, 2.45) is 17.8 Å². The molecule has 0 unspecified atom stereocenters. The standard InChI is InChI=1S/C27H39NO/c1-19(2)27(29)26(28(7)20(3)4)22(6)21(5)13-14-23-15-17-25(18-16-23)24-11-9-8-10-12-24/h8-12,15-22,26H,13-14H2,1-7H3/t21-,22-,26+/m1/s1. The maximum absolute atomic E-state index is 12.9. The van der Waals surface area contributed by atoms with Crippen molar-refractivity contribution in [3.05, 3.63) is 60.2 Å². The quantitative estimate of drug-likeness (QED) is 0.459. The van der Waals surface area contributed by atoms with E-state index in [1.54, 1.807) is 0 Å². The SMILES string of the molecule is CC(C)C(=O)[C@H]([C@H](C)[C@H](C)CCc1ccc(-c2ccccc2)cc1)N(C)C(C)C. The second kappa shape index (κ2) is 10.7. The third kappa shape index (κ3) is 6.27. The van der Waals surface area contributed by atoms with E-state index >= 15 is 0 Å². The molecule has 2 heteroatoms. The molecular formula is C27H39NO. The maximum Gasteiger partial charge on any atom is 0.152 e. The number of likely N-dealkylation sites (N-methyl/N-ethyl adjacent to an activating group) is 1. The molecule has 0 saturated heterocycles. The summed E-state index contributed by atoms with van der Waals surface area (Å²) in [7, 11) is 2.10. The van der Waals surface area contributed by atoms with Crippen LogP contribution >= 0.6 is 0 Å². The van der Waals surface area contributed by atoms with Crippen LogP contribution in [-0.2, 0) is 11.2 Å². The number of aryl methyl sites for hydroxylation is 1. The van der Waals surface area contributed by atoms with Gasteiger partial charge in [-0.1, -0.05) is 82.3 Å². The summed E-state index contributed by atoms with van der Waals surface area (Å²) in [6, 6.07) is 19.8. The normalized spacial score (nSPS) is 15.0. The van der Waals surface area contributed by atoms with Gasteiger partial charge in [0.05, 0.1) is 6.04 Å². The molecule has 0 aliphatic rings. The number of carbonyl (C=O) groups excluding carboxylic acids is 1. The first-order valence-corrected chi connectivity index (χ1v) is 11.1. The van der Waals surface area contributed by atoms with Gasteiger partial charge in [-0.2, -0.15) is 0 Å². The zero-order chi connectivity index (χ0) is 21.6. The zero-order valence-electron chi connectivity index (χ0n) is 19.4. The fraction of sp³-hybridized carbons (Fsp3) is 0.519. The Morgan fingerprint density at radius 3 is 1.90 bits per heavy atom. The summed E-state index contributed by atoms with van der Waals surface area (Å²) in [5, 5.41) is 0. The van der Waals surface area contributed by atoms with E-state index in [-0.39, 0.29) is 12.0 Å². The third-order valence-corrected chi connectivity index (χ3v) is 6.46. The molecule has 0 N–H and O–H groups in total. The Morgan fingerprint density at radius 2 is 1.38 bits per heavy atom. The zero-order valence-corrected chi connectivity index (χ0v) is 19.4. The molecule has 3 atom stereocenters. The smallest absolute Gasteiger partial charge is 0.152 e. The molecule has 0 aliphatic heterocycles. The number of carbonyl (C=O) groups is 1.